The second-order valence-corrected chi connectivity index (χ2v) is 4.54. The quantitative estimate of drug-likeness (QED) is 0.423. The molecular weight excluding hydrogens is 302 g/mol. The van der Waals surface area contributed by atoms with E-state index in [1.54, 1.807) is 6.92 Å². The molecule has 1 amide bonds. The third kappa shape index (κ3) is 9.13. The average Bonchev–Trinajstić information content (AvgIpc) is 2.56. The Hall–Kier alpha value is -2.57. The number of hydrogen-bond donors (Lipinski definition) is 1. The van der Waals surface area contributed by atoms with E-state index in [2.05, 4.69) is 10.1 Å². The molecule has 0 aliphatic carbocycles. The minimum Gasteiger partial charge on any atom is -0.464 e. The van der Waals surface area contributed by atoms with Crippen molar-refractivity contribution in [1.29, 1.82) is 0 Å². The predicted molar refractivity (Wildman–Crippen MR) is 81.5 cm³/mol. The summed E-state index contributed by atoms with van der Waals surface area (Å²) in [6, 6.07) is 9.35. The van der Waals surface area contributed by atoms with Crippen molar-refractivity contribution in [2.45, 2.75) is 26.4 Å². The first kappa shape index (κ1) is 18.5. The van der Waals surface area contributed by atoms with Crippen molar-refractivity contribution in [3.8, 4) is 0 Å². The van der Waals surface area contributed by atoms with Crippen molar-refractivity contribution < 1.29 is 28.6 Å². The third-order valence-electron chi connectivity index (χ3n) is 2.68. The Morgan fingerprint density at radius 3 is 2.43 bits per heavy atom. The van der Waals surface area contributed by atoms with Crippen molar-refractivity contribution in [2.24, 2.45) is 0 Å². The highest BCUT2D eigenvalue weighted by atomic mass is 16.6. The Morgan fingerprint density at radius 1 is 1.00 bits per heavy atom. The van der Waals surface area contributed by atoms with Gasteiger partial charge in [0.15, 0.2) is 0 Å². The molecule has 0 aromatic heterocycles. The monoisotopic (exact) mass is 323 g/mol. The molecule has 1 N–H and O–H groups in total. The number of carbonyl (C=O) groups is 3. The van der Waals surface area contributed by atoms with Gasteiger partial charge in [-0.05, 0) is 18.9 Å². The maximum atomic E-state index is 11.5. The van der Waals surface area contributed by atoms with E-state index in [1.807, 2.05) is 30.3 Å². The van der Waals surface area contributed by atoms with Gasteiger partial charge < -0.3 is 19.5 Å². The maximum Gasteiger partial charge on any atom is 0.407 e. The normalized spacial score (nSPS) is 9.78. The van der Waals surface area contributed by atoms with E-state index in [-0.39, 0.29) is 38.8 Å². The highest BCUT2D eigenvalue weighted by molar-refractivity contribution is 5.77. The summed E-state index contributed by atoms with van der Waals surface area (Å²) in [4.78, 5) is 33.8. The van der Waals surface area contributed by atoms with Gasteiger partial charge in [0, 0.05) is 6.42 Å². The van der Waals surface area contributed by atoms with Crippen LogP contribution in [-0.4, -0.2) is 37.8 Å². The molecule has 0 bridgehead atoms. The topological polar surface area (TPSA) is 90.9 Å². The summed E-state index contributed by atoms with van der Waals surface area (Å²) in [5, 5.41) is 2.24. The molecule has 0 unspecified atom stereocenters. The lowest BCUT2D eigenvalue weighted by Gasteiger charge is -2.07. The number of rotatable bonds is 9. The zero-order valence-electron chi connectivity index (χ0n) is 13.1. The first-order valence-electron chi connectivity index (χ1n) is 7.37. The number of carbonyl (C=O) groups excluding carboxylic acids is 3. The minimum absolute atomic E-state index is 0.0871. The van der Waals surface area contributed by atoms with Gasteiger partial charge in [0.25, 0.3) is 0 Å². The van der Waals surface area contributed by atoms with E-state index < -0.39 is 12.1 Å². The van der Waals surface area contributed by atoms with Crippen LogP contribution in [-0.2, 0) is 30.4 Å². The van der Waals surface area contributed by atoms with Gasteiger partial charge in [-0.15, -0.1) is 0 Å². The van der Waals surface area contributed by atoms with Crippen molar-refractivity contribution >= 4 is 18.0 Å². The average molecular weight is 323 g/mol. The standard InChI is InChI=1S/C16H21NO6/c1-2-21-16(20)17-11-15(19)22-10-6-9-14(18)23-12-13-7-4-3-5-8-13/h3-5,7-8H,2,6,9-12H2,1H3,(H,17,20). The molecule has 0 fully saturated rings. The molecule has 0 aliphatic rings. The number of amides is 1. The highest BCUT2D eigenvalue weighted by Crippen LogP contribution is 2.02. The van der Waals surface area contributed by atoms with Crippen LogP contribution in [0.2, 0.25) is 0 Å². The molecule has 0 atom stereocenters. The Morgan fingerprint density at radius 2 is 1.74 bits per heavy atom. The molecule has 126 valence electrons. The molecular formula is C16H21NO6. The van der Waals surface area contributed by atoms with Crippen LogP contribution in [0.4, 0.5) is 4.79 Å². The maximum absolute atomic E-state index is 11.5. The Kier molecular flexibility index (Phi) is 8.88. The lowest BCUT2D eigenvalue weighted by Crippen LogP contribution is -2.31. The van der Waals surface area contributed by atoms with Crippen LogP contribution < -0.4 is 5.32 Å². The number of ether oxygens (including phenoxy) is 3. The lowest BCUT2D eigenvalue weighted by atomic mass is 10.2. The molecule has 0 heterocycles. The van der Waals surface area contributed by atoms with Gasteiger partial charge >= 0.3 is 18.0 Å². The van der Waals surface area contributed by atoms with Crippen LogP contribution in [0.25, 0.3) is 0 Å². The van der Waals surface area contributed by atoms with Crippen LogP contribution in [0.15, 0.2) is 30.3 Å². The van der Waals surface area contributed by atoms with Gasteiger partial charge in [-0.3, -0.25) is 9.59 Å². The van der Waals surface area contributed by atoms with Crippen molar-refractivity contribution in [1.82, 2.24) is 5.32 Å². The van der Waals surface area contributed by atoms with E-state index in [1.165, 1.54) is 0 Å². The van der Waals surface area contributed by atoms with Gasteiger partial charge in [0.1, 0.15) is 13.2 Å². The van der Waals surface area contributed by atoms with Crippen LogP contribution in [0.3, 0.4) is 0 Å². The molecule has 23 heavy (non-hydrogen) atoms. The zero-order chi connectivity index (χ0) is 16.9. The Bertz CT molecular complexity index is 503. The smallest absolute Gasteiger partial charge is 0.407 e. The van der Waals surface area contributed by atoms with Crippen LogP contribution in [0.1, 0.15) is 25.3 Å². The lowest BCUT2D eigenvalue weighted by molar-refractivity contribution is -0.147. The molecule has 0 aliphatic heterocycles. The third-order valence-corrected chi connectivity index (χ3v) is 2.68. The van der Waals surface area contributed by atoms with E-state index in [0.717, 1.165) is 5.56 Å². The fourth-order valence-corrected chi connectivity index (χ4v) is 1.59. The summed E-state index contributed by atoms with van der Waals surface area (Å²) in [6.45, 7) is 1.94. The summed E-state index contributed by atoms with van der Waals surface area (Å²) in [6.07, 6.45) is -0.154. The molecule has 1 rings (SSSR count). The highest BCUT2D eigenvalue weighted by Gasteiger charge is 2.08. The summed E-state index contributed by atoms with van der Waals surface area (Å²) >= 11 is 0. The second kappa shape index (κ2) is 11.1. The molecule has 1 aromatic carbocycles. The van der Waals surface area contributed by atoms with E-state index in [0.29, 0.717) is 6.42 Å². The SMILES string of the molecule is CCOC(=O)NCC(=O)OCCCC(=O)OCc1ccccc1. The summed E-state index contributed by atoms with van der Waals surface area (Å²) in [5.74, 6) is -0.940. The van der Waals surface area contributed by atoms with Gasteiger partial charge in [-0.1, -0.05) is 30.3 Å². The zero-order valence-corrected chi connectivity index (χ0v) is 13.1. The summed E-state index contributed by atoms with van der Waals surface area (Å²) in [5.41, 5.74) is 0.914. The van der Waals surface area contributed by atoms with Crippen LogP contribution in [0, 0.1) is 0 Å². The minimum atomic E-state index is -0.672. The molecule has 0 spiro atoms. The fraction of sp³-hybridized carbons (Fsp3) is 0.438. The predicted octanol–water partition coefficient (Wildman–Crippen LogP) is 1.80. The fourth-order valence-electron chi connectivity index (χ4n) is 1.59. The largest absolute Gasteiger partial charge is 0.464 e. The first-order chi connectivity index (χ1) is 11.1. The van der Waals surface area contributed by atoms with Crippen LogP contribution >= 0.6 is 0 Å². The van der Waals surface area contributed by atoms with Crippen molar-refractivity contribution in [3.05, 3.63) is 35.9 Å². The van der Waals surface area contributed by atoms with Crippen molar-refractivity contribution in [2.75, 3.05) is 19.8 Å². The molecule has 0 saturated heterocycles. The van der Waals surface area contributed by atoms with E-state index in [4.69, 9.17) is 9.47 Å². The van der Waals surface area contributed by atoms with Gasteiger partial charge in [0.05, 0.1) is 13.2 Å². The van der Waals surface area contributed by atoms with Gasteiger partial charge in [-0.2, -0.15) is 0 Å². The number of nitrogens with one attached hydrogen (secondary N) is 1. The molecule has 7 heteroatoms. The Labute approximate surface area is 134 Å². The van der Waals surface area contributed by atoms with Gasteiger partial charge in [0.2, 0.25) is 0 Å². The van der Waals surface area contributed by atoms with Crippen LogP contribution in [0.5, 0.6) is 0 Å². The number of esters is 2. The molecule has 0 radical (unpaired) electrons. The van der Waals surface area contributed by atoms with Gasteiger partial charge in [-0.25, -0.2) is 4.79 Å². The summed E-state index contributed by atoms with van der Waals surface area (Å²) in [7, 11) is 0. The first-order valence-corrected chi connectivity index (χ1v) is 7.37. The number of hydrogen-bond acceptors (Lipinski definition) is 6. The molecule has 0 saturated carbocycles. The number of alkyl carbamates (subject to hydrolysis) is 1. The summed E-state index contributed by atoms with van der Waals surface area (Å²) < 4.78 is 14.5. The number of benzene rings is 1. The molecule has 7 nitrogen and oxygen atoms in total. The Balaban J connectivity index is 2.04. The van der Waals surface area contributed by atoms with E-state index >= 15 is 0 Å². The van der Waals surface area contributed by atoms with E-state index in [9.17, 15) is 14.4 Å². The van der Waals surface area contributed by atoms with Crippen molar-refractivity contribution in [3.63, 3.8) is 0 Å². The second-order valence-electron chi connectivity index (χ2n) is 4.54. The molecule has 1 aromatic rings.